The van der Waals surface area contributed by atoms with E-state index < -0.39 is 23.7 Å². The maximum atomic E-state index is 14.3. The van der Waals surface area contributed by atoms with Crippen molar-refractivity contribution in [1.29, 1.82) is 0 Å². The third kappa shape index (κ3) is 5.05. The normalized spacial score (nSPS) is 35.2. The summed E-state index contributed by atoms with van der Waals surface area (Å²) < 4.78 is 28.6. The molecule has 3 aliphatic carbocycles. The van der Waals surface area contributed by atoms with Crippen LogP contribution in [0, 0.1) is 23.2 Å². The minimum Gasteiger partial charge on any atom is -0.393 e. The average molecular weight is 453 g/mol. The van der Waals surface area contributed by atoms with Gasteiger partial charge in [-0.2, -0.15) is 0 Å². The van der Waals surface area contributed by atoms with Gasteiger partial charge in [-0.05, 0) is 99.2 Å². The molecule has 1 saturated carbocycles. The van der Waals surface area contributed by atoms with Gasteiger partial charge in [0.2, 0.25) is 0 Å². The molecule has 6 atom stereocenters. The maximum absolute atomic E-state index is 14.3. The van der Waals surface area contributed by atoms with Crippen LogP contribution >= 0.6 is 0 Å². The van der Waals surface area contributed by atoms with Crippen LogP contribution in [0.1, 0.15) is 86.0 Å². The highest BCUT2D eigenvalue weighted by Gasteiger charge is 2.51. The Morgan fingerprint density at radius 3 is 2.56 bits per heavy atom. The van der Waals surface area contributed by atoms with E-state index in [2.05, 4.69) is 32.1 Å². The van der Waals surface area contributed by atoms with Gasteiger partial charge in [-0.15, -0.1) is 0 Å². The number of hydrogen-bond donors (Lipinski definition) is 3. The largest absolute Gasteiger partial charge is 0.393 e. The number of aliphatic hydroxyl groups excluding tert-OH is 2. The van der Waals surface area contributed by atoms with Crippen molar-refractivity contribution in [3.8, 4) is 0 Å². The smallest absolute Gasteiger partial charge is 0.275 e. The first-order chi connectivity index (χ1) is 14.8. The first-order valence-corrected chi connectivity index (χ1v) is 12.3. The Hall–Kier alpha value is -1.04. The molecular weight excluding hydrogens is 410 g/mol. The molecule has 3 nitrogen and oxygen atoms in total. The molecule has 0 aliphatic heterocycles. The van der Waals surface area contributed by atoms with Gasteiger partial charge in [-0.1, -0.05) is 32.1 Å². The van der Waals surface area contributed by atoms with Gasteiger partial charge in [-0.3, -0.25) is 0 Å². The summed E-state index contributed by atoms with van der Waals surface area (Å²) in [6, 6.07) is 0. The Kier molecular flexibility index (Phi) is 7.44. The molecule has 3 aliphatic rings. The van der Waals surface area contributed by atoms with Crippen LogP contribution < -0.4 is 0 Å². The van der Waals surface area contributed by atoms with Gasteiger partial charge in [0, 0.05) is 12.8 Å². The third-order valence-corrected chi connectivity index (χ3v) is 8.80. The highest BCUT2D eigenvalue weighted by molar-refractivity contribution is 5.37. The molecule has 3 rings (SSSR count). The fraction of sp³-hybridized carbons (Fsp3) is 0.778. The summed E-state index contributed by atoms with van der Waals surface area (Å²) in [5, 5.41) is 30.0. The zero-order valence-electron chi connectivity index (χ0n) is 20.4. The van der Waals surface area contributed by atoms with Gasteiger partial charge >= 0.3 is 0 Å². The number of aliphatic hydroxyl groups is 3. The second-order valence-corrected chi connectivity index (χ2v) is 11.4. The van der Waals surface area contributed by atoms with Crippen LogP contribution in [0.3, 0.4) is 0 Å². The van der Waals surface area contributed by atoms with Gasteiger partial charge in [0.1, 0.15) is 5.60 Å². The Balaban J connectivity index is 1.71. The Morgan fingerprint density at radius 1 is 1.22 bits per heavy atom. The van der Waals surface area contributed by atoms with Crippen molar-refractivity contribution < 1.29 is 24.1 Å². The van der Waals surface area contributed by atoms with E-state index in [0.29, 0.717) is 31.1 Å². The molecule has 0 bridgehead atoms. The second-order valence-electron chi connectivity index (χ2n) is 11.4. The lowest BCUT2D eigenvalue weighted by molar-refractivity contribution is -0.168. The van der Waals surface area contributed by atoms with Crippen molar-refractivity contribution in [1.82, 2.24) is 0 Å². The van der Waals surface area contributed by atoms with E-state index in [-0.39, 0.29) is 17.8 Å². The summed E-state index contributed by atoms with van der Waals surface area (Å²) in [5.74, 6) is -2.10. The number of fused-ring (bicyclic) bond motifs is 1. The van der Waals surface area contributed by atoms with Crippen LogP contribution in [-0.4, -0.2) is 39.1 Å². The molecule has 3 N–H and O–H groups in total. The minimum atomic E-state index is -3.08. The quantitative estimate of drug-likeness (QED) is 0.447. The average Bonchev–Trinajstić information content (AvgIpc) is 3.04. The zero-order chi connectivity index (χ0) is 23.9. The van der Waals surface area contributed by atoms with Gasteiger partial charge in [0.15, 0.2) is 0 Å². The highest BCUT2D eigenvalue weighted by Crippen LogP contribution is 2.59. The van der Waals surface area contributed by atoms with Crippen LogP contribution in [0.2, 0.25) is 0 Å². The summed E-state index contributed by atoms with van der Waals surface area (Å²) in [6.07, 6.45) is 10.7. The van der Waals surface area contributed by atoms with Crippen molar-refractivity contribution in [2.24, 2.45) is 23.2 Å². The van der Waals surface area contributed by atoms with Gasteiger partial charge in [0.25, 0.3) is 5.92 Å². The van der Waals surface area contributed by atoms with E-state index >= 15 is 0 Å². The molecule has 0 aromatic carbocycles. The van der Waals surface area contributed by atoms with E-state index in [4.69, 9.17) is 0 Å². The first kappa shape index (κ1) is 25.6. The van der Waals surface area contributed by atoms with Crippen LogP contribution in [0.15, 0.2) is 34.9 Å². The van der Waals surface area contributed by atoms with Crippen LogP contribution in [0.4, 0.5) is 8.78 Å². The predicted molar refractivity (Wildman–Crippen MR) is 124 cm³/mol. The molecular formula is C27H42F2O3. The monoisotopic (exact) mass is 452 g/mol. The number of rotatable bonds is 7. The predicted octanol–water partition coefficient (Wildman–Crippen LogP) is 5.95. The van der Waals surface area contributed by atoms with Crippen LogP contribution in [0.5, 0.6) is 0 Å². The van der Waals surface area contributed by atoms with Crippen molar-refractivity contribution in [2.45, 2.75) is 110 Å². The first-order valence-electron chi connectivity index (χ1n) is 12.3. The number of alkyl halides is 2. The summed E-state index contributed by atoms with van der Waals surface area (Å²) in [6.45, 7) is 8.75. The molecule has 182 valence electrons. The number of allylic oxidation sites excluding steroid dienone is 4. The molecule has 0 unspecified atom stereocenters. The fourth-order valence-corrected chi connectivity index (χ4v) is 6.44. The lowest BCUT2D eigenvalue weighted by Crippen LogP contribution is -2.43. The van der Waals surface area contributed by atoms with Gasteiger partial charge < -0.3 is 15.3 Å². The Morgan fingerprint density at radius 2 is 1.91 bits per heavy atom. The molecule has 1 fully saturated rings. The topological polar surface area (TPSA) is 60.7 Å². The summed E-state index contributed by atoms with van der Waals surface area (Å²) >= 11 is 0. The van der Waals surface area contributed by atoms with E-state index in [0.717, 1.165) is 36.8 Å². The molecule has 0 radical (unpaired) electrons. The maximum Gasteiger partial charge on any atom is 0.275 e. The molecule has 0 amide bonds. The highest BCUT2D eigenvalue weighted by atomic mass is 19.3. The van der Waals surface area contributed by atoms with Gasteiger partial charge in [0.05, 0.1) is 12.2 Å². The van der Waals surface area contributed by atoms with Crippen molar-refractivity contribution in [3.63, 3.8) is 0 Å². The Labute approximate surface area is 192 Å². The molecule has 0 aromatic rings. The molecule has 0 spiro atoms. The van der Waals surface area contributed by atoms with Crippen LogP contribution in [-0.2, 0) is 0 Å². The molecule has 0 saturated heterocycles. The van der Waals surface area contributed by atoms with Gasteiger partial charge in [-0.25, -0.2) is 8.78 Å². The van der Waals surface area contributed by atoms with Crippen molar-refractivity contribution >= 4 is 0 Å². The molecule has 0 aromatic heterocycles. The molecule has 5 heteroatoms. The van der Waals surface area contributed by atoms with E-state index in [1.54, 1.807) is 0 Å². The number of halogens is 2. The standard InChI is InChI=1S/C27H42F2O3/c1-17(12-14-27(28,29)25(3,4)32)22-10-11-23-19(7-6-13-26(22,23)5)8-9-20-15-21(30)16-24(31)18(20)2/h7-9,17,21-24,30-32H,6,10-16H2,1-5H3/t17-,21+,22-,23+,24-,26-/m1/s1. The van der Waals surface area contributed by atoms with E-state index in [1.165, 1.54) is 19.4 Å². The van der Waals surface area contributed by atoms with Crippen LogP contribution in [0.25, 0.3) is 0 Å². The van der Waals surface area contributed by atoms with Crippen molar-refractivity contribution in [3.05, 3.63) is 34.9 Å². The van der Waals surface area contributed by atoms with Crippen molar-refractivity contribution in [2.75, 3.05) is 0 Å². The SMILES string of the molecule is CC1=C(C=CC2=CCC[C@]3(C)[C@@H]([C@H](C)CCC(F)(F)C(C)(C)O)CC[C@@H]23)C[C@H](O)C[C@H]1O. The van der Waals surface area contributed by atoms with E-state index in [1.807, 2.05) is 6.92 Å². The van der Waals surface area contributed by atoms with E-state index in [9.17, 15) is 24.1 Å². The molecule has 0 heterocycles. The Bertz CT molecular complexity index is 776. The third-order valence-electron chi connectivity index (χ3n) is 8.80. The lowest BCUT2D eigenvalue weighted by atomic mass is 9.62. The zero-order valence-corrected chi connectivity index (χ0v) is 20.4. The number of hydrogen-bond acceptors (Lipinski definition) is 3. The minimum absolute atomic E-state index is 0.0902. The fourth-order valence-electron chi connectivity index (χ4n) is 6.44. The lowest BCUT2D eigenvalue weighted by Gasteiger charge is -2.43. The molecule has 32 heavy (non-hydrogen) atoms. The summed E-state index contributed by atoms with van der Waals surface area (Å²) in [7, 11) is 0. The second kappa shape index (κ2) is 9.31. The summed E-state index contributed by atoms with van der Waals surface area (Å²) in [4.78, 5) is 0. The summed E-state index contributed by atoms with van der Waals surface area (Å²) in [5.41, 5.74) is 1.36.